The summed E-state index contributed by atoms with van der Waals surface area (Å²) in [6, 6.07) is 4.11. The Morgan fingerprint density at radius 2 is 2.13 bits per heavy atom. The largest absolute Gasteiger partial charge is 0.366 e. The number of thioether (sulfide) groups is 1. The number of amides is 2. The first kappa shape index (κ1) is 18.9. The summed E-state index contributed by atoms with van der Waals surface area (Å²) in [7, 11) is 0. The molecule has 0 saturated heterocycles. The van der Waals surface area contributed by atoms with Crippen LogP contribution in [-0.4, -0.2) is 41.6 Å². The number of primary amides is 1. The Morgan fingerprint density at radius 1 is 1.43 bits per heavy atom. The molecule has 0 unspecified atom stereocenters. The van der Waals surface area contributed by atoms with Crippen LogP contribution in [-0.2, 0) is 4.79 Å². The zero-order valence-corrected chi connectivity index (χ0v) is 13.8. The van der Waals surface area contributed by atoms with Crippen molar-refractivity contribution in [1.29, 1.82) is 0 Å². The molecule has 0 aliphatic heterocycles. The highest BCUT2D eigenvalue weighted by Gasteiger charge is 2.18. The van der Waals surface area contributed by atoms with Gasteiger partial charge in [0.1, 0.15) is 0 Å². The molecule has 0 aromatic heterocycles. The molecule has 126 valence electrons. The zero-order valence-electron chi connectivity index (χ0n) is 13.0. The lowest BCUT2D eigenvalue weighted by atomic mass is 10.2. The van der Waals surface area contributed by atoms with Crippen LogP contribution in [0.5, 0.6) is 0 Å². The van der Waals surface area contributed by atoms with Gasteiger partial charge in [-0.1, -0.05) is 6.92 Å². The van der Waals surface area contributed by atoms with Crippen molar-refractivity contribution in [3.05, 3.63) is 33.9 Å². The Balaban J connectivity index is 2.65. The van der Waals surface area contributed by atoms with Crippen molar-refractivity contribution in [2.75, 3.05) is 18.8 Å². The topological polar surface area (TPSA) is 127 Å². The third-order valence-corrected chi connectivity index (χ3v) is 4.02. The Labute approximate surface area is 138 Å². The number of benzene rings is 1. The molecule has 0 saturated carbocycles. The van der Waals surface area contributed by atoms with E-state index in [9.17, 15) is 19.7 Å². The van der Waals surface area contributed by atoms with Crippen LogP contribution in [0.2, 0.25) is 0 Å². The predicted molar refractivity (Wildman–Crippen MR) is 88.5 cm³/mol. The smallest absolute Gasteiger partial charge is 0.283 e. The molecule has 1 atom stereocenters. The van der Waals surface area contributed by atoms with Gasteiger partial charge in [-0.25, -0.2) is 0 Å². The van der Waals surface area contributed by atoms with Gasteiger partial charge in [0.2, 0.25) is 11.8 Å². The van der Waals surface area contributed by atoms with Gasteiger partial charge in [0.05, 0.1) is 15.6 Å². The van der Waals surface area contributed by atoms with Crippen molar-refractivity contribution in [1.82, 2.24) is 10.6 Å². The average molecular weight is 340 g/mol. The van der Waals surface area contributed by atoms with Crippen LogP contribution in [0.4, 0.5) is 5.69 Å². The quantitative estimate of drug-likeness (QED) is 0.348. The normalized spacial score (nSPS) is 11.7. The number of rotatable bonds is 9. The molecule has 2 amide bonds. The summed E-state index contributed by atoms with van der Waals surface area (Å²) in [5, 5.41) is 17.0. The first-order valence-corrected chi connectivity index (χ1v) is 8.04. The van der Waals surface area contributed by atoms with E-state index in [-0.39, 0.29) is 29.0 Å². The number of hydrogen-bond acceptors (Lipinski definition) is 6. The summed E-state index contributed by atoms with van der Waals surface area (Å²) in [6.45, 7) is 5.22. The lowest BCUT2D eigenvalue weighted by Crippen LogP contribution is -2.39. The number of carbonyl (C=O) groups excluding carboxylic acids is 2. The third kappa shape index (κ3) is 6.25. The number of nitro groups is 1. The number of hydrogen-bond donors (Lipinski definition) is 3. The Kier molecular flexibility index (Phi) is 7.49. The van der Waals surface area contributed by atoms with E-state index < -0.39 is 10.8 Å². The van der Waals surface area contributed by atoms with Crippen molar-refractivity contribution in [2.24, 2.45) is 5.73 Å². The lowest BCUT2D eigenvalue weighted by Gasteiger charge is -2.13. The zero-order chi connectivity index (χ0) is 17.4. The fraction of sp³-hybridized carbons (Fsp3) is 0.429. The van der Waals surface area contributed by atoms with Gasteiger partial charge in [0.15, 0.2) is 0 Å². The Morgan fingerprint density at radius 3 is 2.70 bits per heavy atom. The van der Waals surface area contributed by atoms with Crippen LogP contribution in [0.3, 0.4) is 0 Å². The number of nitrogens with one attached hydrogen (secondary N) is 2. The minimum atomic E-state index is -0.736. The molecule has 0 aliphatic rings. The summed E-state index contributed by atoms with van der Waals surface area (Å²) in [4.78, 5) is 33.6. The molecule has 0 spiro atoms. The maximum atomic E-state index is 11.8. The standard InChI is InChI=1S/C14H20N4O4S/c1-3-16-9(2)7-17-13(19)8-23-12-5-4-10(14(15)20)6-11(12)18(21)22/h4-6,9,16H,3,7-8H2,1-2H3,(H2,15,20)(H,17,19)/t9-/m1/s1. The van der Waals surface area contributed by atoms with Crippen molar-refractivity contribution in [3.63, 3.8) is 0 Å². The van der Waals surface area contributed by atoms with Crippen LogP contribution in [0.1, 0.15) is 24.2 Å². The highest BCUT2D eigenvalue weighted by atomic mass is 32.2. The van der Waals surface area contributed by atoms with Crippen LogP contribution < -0.4 is 16.4 Å². The molecule has 8 nitrogen and oxygen atoms in total. The van der Waals surface area contributed by atoms with E-state index in [0.29, 0.717) is 11.4 Å². The molecule has 0 heterocycles. The summed E-state index contributed by atoms with van der Waals surface area (Å²) in [5.41, 5.74) is 4.93. The van der Waals surface area contributed by atoms with Gasteiger partial charge in [-0.05, 0) is 25.6 Å². The van der Waals surface area contributed by atoms with Gasteiger partial charge in [0.25, 0.3) is 5.69 Å². The first-order chi connectivity index (χ1) is 10.8. The summed E-state index contributed by atoms with van der Waals surface area (Å²) >= 11 is 1.04. The number of nitrogens with two attached hydrogens (primary N) is 1. The van der Waals surface area contributed by atoms with E-state index >= 15 is 0 Å². The summed E-state index contributed by atoms with van der Waals surface area (Å²) < 4.78 is 0. The number of nitrogens with zero attached hydrogens (tertiary/aromatic N) is 1. The Bertz CT molecular complexity index is 594. The van der Waals surface area contributed by atoms with E-state index in [1.165, 1.54) is 12.1 Å². The van der Waals surface area contributed by atoms with Gasteiger partial charge < -0.3 is 16.4 Å². The minimum absolute atomic E-state index is 0.0512. The van der Waals surface area contributed by atoms with Crippen molar-refractivity contribution in [2.45, 2.75) is 24.8 Å². The van der Waals surface area contributed by atoms with Crippen molar-refractivity contribution in [3.8, 4) is 0 Å². The van der Waals surface area contributed by atoms with Gasteiger partial charge in [-0.15, -0.1) is 11.8 Å². The molecule has 1 aromatic carbocycles. The maximum absolute atomic E-state index is 11.8. The maximum Gasteiger partial charge on any atom is 0.283 e. The third-order valence-electron chi connectivity index (χ3n) is 2.96. The summed E-state index contributed by atoms with van der Waals surface area (Å²) in [6.07, 6.45) is 0. The van der Waals surface area contributed by atoms with Crippen LogP contribution in [0.15, 0.2) is 23.1 Å². The fourth-order valence-corrected chi connectivity index (χ4v) is 2.65. The SMILES string of the molecule is CCN[C@H](C)CNC(=O)CSc1ccc(C(N)=O)cc1[N+](=O)[O-]. The highest BCUT2D eigenvalue weighted by molar-refractivity contribution is 8.00. The van der Waals surface area contributed by atoms with Crippen LogP contribution in [0.25, 0.3) is 0 Å². The number of carbonyl (C=O) groups is 2. The van der Waals surface area contributed by atoms with Gasteiger partial charge in [-0.3, -0.25) is 19.7 Å². The second-order valence-electron chi connectivity index (χ2n) is 4.86. The van der Waals surface area contributed by atoms with Gasteiger partial charge in [-0.2, -0.15) is 0 Å². The van der Waals surface area contributed by atoms with E-state index in [1.807, 2.05) is 13.8 Å². The molecule has 9 heteroatoms. The monoisotopic (exact) mass is 340 g/mol. The Hall–Kier alpha value is -2.13. The highest BCUT2D eigenvalue weighted by Crippen LogP contribution is 2.29. The van der Waals surface area contributed by atoms with Gasteiger partial charge in [0, 0.05) is 24.2 Å². The van der Waals surface area contributed by atoms with Gasteiger partial charge >= 0.3 is 0 Å². The van der Waals surface area contributed by atoms with E-state index in [4.69, 9.17) is 5.73 Å². The molecular weight excluding hydrogens is 320 g/mol. The van der Waals surface area contributed by atoms with Crippen molar-refractivity contribution >= 4 is 29.3 Å². The predicted octanol–water partition coefficient (Wildman–Crippen LogP) is 0.900. The summed E-state index contributed by atoms with van der Waals surface area (Å²) in [5.74, 6) is -0.900. The molecular formula is C14H20N4O4S. The number of nitro benzene ring substituents is 1. The second-order valence-corrected chi connectivity index (χ2v) is 5.87. The molecule has 0 aliphatic carbocycles. The van der Waals surface area contributed by atoms with E-state index in [1.54, 1.807) is 0 Å². The molecule has 0 radical (unpaired) electrons. The van der Waals surface area contributed by atoms with Crippen LogP contribution >= 0.6 is 11.8 Å². The molecule has 1 rings (SSSR count). The van der Waals surface area contributed by atoms with E-state index in [0.717, 1.165) is 24.4 Å². The average Bonchev–Trinajstić information content (AvgIpc) is 2.50. The van der Waals surface area contributed by atoms with Crippen molar-refractivity contribution < 1.29 is 14.5 Å². The molecule has 4 N–H and O–H groups in total. The number of likely N-dealkylation sites (N-methyl/N-ethyl adjacent to an activating group) is 1. The molecule has 0 bridgehead atoms. The minimum Gasteiger partial charge on any atom is -0.366 e. The van der Waals surface area contributed by atoms with Crippen LogP contribution in [0, 0.1) is 10.1 Å². The fourth-order valence-electron chi connectivity index (χ4n) is 1.82. The molecule has 0 fully saturated rings. The molecule has 1 aromatic rings. The second kappa shape index (κ2) is 9.11. The van der Waals surface area contributed by atoms with E-state index in [2.05, 4.69) is 10.6 Å². The first-order valence-electron chi connectivity index (χ1n) is 7.06. The lowest BCUT2D eigenvalue weighted by molar-refractivity contribution is -0.387. The molecule has 23 heavy (non-hydrogen) atoms.